The van der Waals surface area contributed by atoms with Gasteiger partial charge >= 0.3 is 11.9 Å². The fraction of sp³-hybridized carbons (Fsp3) is 0.636. The molecular formula is C33H47NO13. The third-order valence-corrected chi connectivity index (χ3v) is 8.58. The molecule has 2 bridgehead atoms. The molecular weight excluding hydrogens is 618 g/mol. The van der Waals surface area contributed by atoms with Crippen molar-refractivity contribution >= 4 is 11.9 Å². The summed E-state index contributed by atoms with van der Waals surface area (Å²) in [5, 5.41) is 63.9. The summed E-state index contributed by atoms with van der Waals surface area (Å²) in [7, 11) is 0. The van der Waals surface area contributed by atoms with Crippen molar-refractivity contribution in [2.24, 2.45) is 11.7 Å². The largest absolute Gasteiger partial charge is 0.481 e. The molecule has 14 atom stereocenters. The summed E-state index contributed by atoms with van der Waals surface area (Å²) in [6.07, 6.45) is 5.25. The van der Waals surface area contributed by atoms with Crippen molar-refractivity contribution in [2.75, 3.05) is 0 Å². The van der Waals surface area contributed by atoms with Gasteiger partial charge < -0.3 is 60.1 Å². The highest BCUT2D eigenvalue weighted by Crippen LogP contribution is 2.39. The number of nitrogens with two attached hydrogens (primary N) is 1. The molecule has 0 amide bonds. The molecule has 0 spiro atoms. The number of aliphatic hydroxyl groups is 5. The molecule has 3 fully saturated rings. The fourth-order valence-corrected chi connectivity index (χ4v) is 6.00. The number of esters is 1. The number of allylic oxidation sites excluding steroid dienone is 6. The highest BCUT2D eigenvalue weighted by atomic mass is 16.7. The van der Waals surface area contributed by atoms with Gasteiger partial charge in [-0.3, -0.25) is 4.79 Å². The highest BCUT2D eigenvalue weighted by Gasteiger charge is 2.51. The van der Waals surface area contributed by atoms with Crippen LogP contribution in [-0.2, 0) is 33.3 Å². The molecule has 4 heterocycles. The van der Waals surface area contributed by atoms with Crippen LogP contribution in [0.2, 0.25) is 0 Å². The number of carboxylic acid groups (broad SMARTS) is 1. The molecule has 262 valence electrons. The minimum atomic E-state index is -2.10. The average molecular weight is 666 g/mol. The van der Waals surface area contributed by atoms with Crippen LogP contribution in [0.4, 0.5) is 0 Å². The van der Waals surface area contributed by atoms with Crippen molar-refractivity contribution in [3.8, 4) is 0 Å². The highest BCUT2D eigenvalue weighted by molar-refractivity contribution is 5.82. The number of hydrogen-bond donors (Lipinski definition) is 7. The van der Waals surface area contributed by atoms with Crippen LogP contribution in [0.15, 0.2) is 60.8 Å². The van der Waals surface area contributed by atoms with E-state index in [0.717, 1.165) is 0 Å². The molecule has 0 aromatic carbocycles. The number of carbonyl (C=O) groups excluding carboxylic acids is 1. The SMILES string of the molecule is C[C@@H]1C/C=C/C=C/C=C/C=C/C(O[C@@H]2O[C@H](C)[C@@H](O)[C@H](N)[C@@H]2O)C[C@@H]2O[C@](O)(C[C@@H](O)C[C@H]3OC3/C=C/C(=O)O1)C[C@H](O)[C@H]2C(=O)O. The third-order valence-electron chi connectivity index (χ3n) is 8.58. The molecule has 14 nitrogen and oxygen atoms in total. The zero-order chi connectivity index (χ0) is 34.3. The first-order valence-corrected chi connectivity index (χ1v) is 15.9. The Balaban J connectivity index is 1.58. The number of cyclic esters (lactones) is 1. The van der Waals surface area contributed by atoms with Crippen molar-refractivity contribution < 1.29 is 63.9 Å². The van der Waals surface area contributed by atoms with E-state index in [1.807, 2.05) is 6.08 Å². The summed E-state index contributed by atoms with van der Waals surface area (Å²) in [4.78, 5) is 24.4. The lowest BCUT2D eigenvalue weighted by Crippen LogP contribution is -2.61. The number of epoxide rings is 1. The second kappa shape index (κ2) is 16.6. The molecule has 47 heavy (non-hydrogen) atoms. The molecule has 4 rings (SSSR count). The maximum Gasteiger partial charge on any atom is 0.330 e. The van der Waals surface area contributed by atoms with Crippen molar-refractivity contribution in [1.29, 1.82) is 0 Å². The number of rotatable bonds is 3. The van der Waals surface area contributed by atoms with Gasteiger partial charge in [0, 0.05) is 38.2 Å². The molecule has 14 heteroatoms. The maximum atomic E-state index is 12.3. The fourth-order valence-electron chi connectivity index (χ4n) is 6.00. The zero-order valence-corrected chi connectivity index (χ0v) is 26.4. The number of hydrogen-bond acceptors (Lipinski definition) is 13. The number of ether oxygens (including phenoxy) is 5. The lowest BCUT2D eigenvalue weighted by Gasteiger charge is -2.45. The zero-order valence-electron chi connectivity index (χ0n) is 26.4. The van der Waals surface area contributed by atoms with Crippen LogP contribution in [0, 0.1) is 5.92 Å². The van der Waals surface area contributed by atoms with Crippen molar-refractivity contribution in [3.63, 3.8) is 0 Å². The van der Waals surface area contributed by atoms with Gasteiger partial charge in [0.15, 0.2) is 12.1 Å². The van der Waals surface area contributed by atoms with E-state index in [2.05, 4.69) is 0 Å². The van der Waals surface area contributed by atoms with E-state index in [4.69, 9.17) is 29.4 Å². The van der Waals surface area contributed by atoms with Gasteiger partial charge in [-0.2, -0.15) is 0 Å². The Kier molecular flexibility index (Phi) is 13.1. The van der Waals surface area contributed by atoms with Crippen molar-refractivity contribution in [1.82, 2.24) is 0 Å². The Hall–Kier alpha value is -2.76. The second-order valence-corrected chi connectivity index (χ2v) is 12.6. The first-order valence-electron chi connectivity index (χ1n) is 15.9. The van der Waals surface area contributed by atoms with Crippen LogP contribution in [0.25, 0.3) is 0 Å². The molecule has 8 N–H and O–H groups in total. The van der Waals surface area contributed by atoms with E-state index in [1.165, 1.54) is 12.2 Å². The molecule has 4 aliphatic rings. The summed E-state index contributed by atoms with van der Waals surface area (Å²) in [5.74, 6) is -5.45. The van der Waals surface area contributed by atoms with Crippen molar-refractivity contribution in [3.05, 3.63) is 60.8 Å². The van der Waals surface area contributed by atoms with E-state index in [9.17, 15) is 40.2 Å². The van der Waals surface area contributed by atoms with Gasteiger partial charge in [-0.05, 0) is 19.9 Å². The number of aliphatic carboxylic acids is 1. The molecule has 0 aliphatic carbocycles. The lowest BCUT2D eigenvalue weighted by molar-refractivity contribution is -0.308. The smallest absolute Gasteiger partial charge is 0.330 e. The number of carboxylic acids is 1. The number of fused-ring (bicyclic) bond motifs is 3. The summed E-state index contributed by atoms with van der Waals surface area (Å²) >= 11 is 0. The van der Waals surface area contributed by atoms with Crippen molar-refractivity contribution in [2.45, 2.75) is 125 Å². The summed E-state index contributed by atoms with van der Waals surface area (Å²) in [6, 6.07) is -1.08. The minimum absolute atomic E-state index is 0.0789. The topological polar surface area (TPSA) is 231 Å². The molecule has 0 radical (unpaired) electrons. The summed E-state index contributed by atoms with van der Waals surface area (Å²) in [5.41, 5.74) is 5.98. The van der Waals surface area contributed by atoms with Crippen LogP contribution in [-0.4, -0.2) is 122 Å². The molecule has 0 saturated carbocycles. The predicted molar refractivity (Wildman–Crippen MR) is 165 cm³/mol. The predicted octanol–water partition coefficient (Wildman–Crippen LogP) is 0.120. The van der Waals surface area contributed by atoms with Crippen LogP contribution >= 0.6 is 0 Å². The minimum Gasteiger partial charge on any atom is -0.481 e. The standard InChI is InChI=1S/C33H47NO13/c1-18-10-8-6-4-3-5-7-9-11-21(45-32-30(39)28(34)29(38)19(2)44-32)15-25-27(31(40)41)22(36)17-33(42,47-25)16-20(35)14-24-23(46-24)12-13-26(37)43-18/h3-9,11-13,18-25,27-30,32,35-36,38-39,42H,10,14-17,34H2,1-2H3,(H,40,41)/b4-3+,7-5+,8-6+,11-9+,13-12+/t18-,19-,20+,21?,22+,23?,24-,25+,27-,28+,29-,30+,32+,33-/m1/s1. The monoisotopic (exact) mass is 665 g/mol. The molecule has 0 aromatic rings. The van der Waals surface area contributed by atoms with Gasteiger partial charge in [0.25, 0.3) is 0 Å². The number of aliphatic hydroxyl groups excluding tert-OH is 4. The number of carbonyl (C=O) groups is 2. The first-order chi connectivity index (χ1) is 22.3. The second-order valence-electron chi connectivity index (χ2n) is 12.6. The molecule has 2 unspecified atom stereocenters. The Morgan fingerprint density at radius 2 is 1.64 bits per heavy atom. The Bertz CT molecular complexity index is 1220. The van der Waals surface area contributed by atoms with Gasteiger partial charge in [-0.15, -0.1) is 0 Å². The van der Waals surface area contributed by atoms with E-state index >= 15 is 0 Å². The summed E-state index contributed by atoms with van der Waals surface area (Å²) in [6.45, 7) is 3.34. The molecule has 3 saturated heterocycles. The van der Waals surface area contributed by atoms with Crippen LogP contribution in [0.1, 0.15) is 46.0 Å². The van der Waals surface area contributed by atoms with Crippen LogP contribution < -0.4 is 5.73 Å². The Morgan fingerprint density at radius 1 is 0.936 bits per heavy atom. The summed E-state index contributed by atoms with van der Waals surface area (Å²) < 4.78 is 28.5. The van der Waals surface area contributed by atoms with Gasteiger partial charge in [-0.1, -0.05) is 48.6 Å². The van der Waals surface area contributed by atoms with E-state index in [-0.39, 0.29) is 25.4 Å². The van der Waals surface area contributed by atoms with Gasteiger partial charge in [-0.25, -0.2) is 4.79 Å². The normalized spacial score (nSPS) is 47.2. The molecule has 4 aliphatic heterocycles. The molecule has 0 aromatic heterocycles. The average Bonchev–Trinajstić information content (AvgIpc) is 3.72. The van der Waals surface area contributed by atoms with E-state index in [1.54, 1.807) is 56.4 Å². The van der Waals surface area contributed by atoms with E-state index < -0.39 is 97.3 Å². The first kappa shape index (κ1) is 37.1. The van der Waals surface area contributed by atoms with Crippen LogP contribution in [0.3, 0.4) is 0 Å². The Labute approximate surface area is 273 Å². The van der Waals surface area contributed by atoms with E-state index in [0.29, 0.717) is 6.42 Å². The quantitative estimate of drug-likeness (QED) is 0.157. The maximum absolute atomic E-state index is 12.3. The van der Waals surface area contributed by atoms with Gasteiger partial charge in [0.05, 0.1) is 48.8 Å². The van der Waals surface area contributed by atoms with Gasteiger partial charge in [0.2, 0.25) is 0 Å². The third kappa shape index (κ3) is 10.6. The Morgan fingerprint density at radius 3 is 2.36 bits per heavy atom. The lowest BCUT2D eigenvalue weighted by atomic mass is 9.83. The van der Waals surface area contributed by atoms with Crippen LogP contribution in [0.5, 0.6) is 0 Å². The van der Waals surface area contributed by atoms with Gasteiger partial charge in [0.1, 0.15) is 24.2 Å².